The Morgan fingerprint density at radius 2 is 1.84 bits per heavy atom. The predicted molar refractivity (Wildman–Crippen MR) is 98.3 cm³/mol. The van der Waals surface area contributed by atoms with Gasteiger partial charge in [-0.1, -0.05) is 30.3 Å². The molecule has 0 spiro atoms. The molecule has 1 heterocycles. The standard InChI is InChI=1S/C19H12BrNO4/c20-17-12-14(21(23)24)6-9-16(17)19-11-8-15(25-19)7-10-18(22)13-4-2-1-3-5-13/h1-12H. The lowest BCUT2D eigenvalue weighted by Crippen LogP contribution is -1.92. The summed E-state index contributed by atoms with van der Waals surface area (Å²) in [5.74, 6) is 0.952. The molecule has 5 nitrogen and oxygen atoms in total. The van der Waals surface area contributed by atoms with Crippen LogP contribution in [0, 0.1) is 10.1 Å². The number of furan rings is 1. The largest absolute Gasteiger partial charge is 0.457 e. The number of nitro benzene ring substituents is 1. The molecule has 0 saturated carbocycles. The number of ketones is 1. The fraction of sp³-hybridized carbons (Fsp3) is 0. The molecule has 3 aromatic rings. The van der Waals surface area contributed by atoms with Crippen molar-refractivity contribution >= 4 is 33.5 Å². The smallest absolute Gasteiger partial charge is 0.270 e. The van der Waals surface area contributed by atoms with Gasteiger partial charge in [-0.3, -0.25) is 14.9 Å². The maximum Gasteiger partial charge on any atom is 0.270 e. The topological polar surface area (TPSA) is 73.3 Å². The van der Waals surface area contributed by atoms with Crippen molar-refractivity contribution in [1.82, 2.24) is 0 Å². The van der Waals surface area contributed by atoms with Crippen molar-refractivity contribution in [2.24, 2.45) is 0 Å². The van der Waals surface area contributed by atoms with Crippen molar-refractivity contribution in [3.05, 3.63) is 92.7 Å². The number of nitrogens with zero attached hydrogens (tertiary/aromatic N) is 1. The monoisotopic (exact) mass is 397 g/mol. The highest BCUT2D eigenvalue weighted by atomic mass is 79.9. The van der Waals surface area contributed by atoms with E-state index in [1.54, 1.807) is 48.5 Å². The minimum Gasteiger partial charge on any atom is -0.457 e. The molecule has 25 heavy (non-hydrogen) atoms. The Kier molecular flexibility index (Phi) is 4.90. The summed E-state index contributed by atoms with van der Waals surface area (Å²) >= 11 is 3.32. The third kappa shape index (κ3) is 3.92. The van der Waals surface area contributed by atoms with E-state index in [0.29, 0.717) is 27.1 Å². The molecule has 1 aromatic heterocycles. The van der Waals surface area contributed by atoms with Crippen LogP contribution in [-0.2, 0) is 0 Å². The summed E-state index contributed by atoms with van der Waals surface area (Å²) in [7, 11) is 0. The van der Waals surface area contributed by atoms with Crippen LogP contribution in [0.2, 0.25) is 0 Å². The zero-order valence-corrected chi connectivity index (χ0v) is 14.5. The highest BCUT2D eigenvalue weighted by Crippen LogP contribution is 2.32. The molecule has 124 valence electrons. The number of allylic oxidation sites excluding steroid dienone is 1. The highest BCUT2D eigenvalue weighted by molar-refractivity contribution is 9.10. The SMILES string of the molecule is O=C(C=Cc1ccc(-c2ccc([N+](=O)[O-])cc2Br)o1)c1ccccc1. The van der Waals surface area contributed by atoms with E-state index in [-0.39, 0.29) is 11.5 Å². The van der Waals surface area contributed by atoms with Crippen LogP contribution in [0.15, 0.2) is 75.6 Å². The first-order chi connectivity index (χ1) is 12.0. The van der Waals surface area contributed by atoms with E-state index >= 15 is 0 Å². The minimum absolute atomic E-state index is 0.00393. The Labute approximate surface area is 151 Å². The van der Waals surface area contributed by atoms with Gasteiger partial charge in [0, 0.05) is 27.7 Å². The van der Waals surface area contributed by atoms with E-state index in [9.17, 15) is 14.9 Å². The van der Waals surface area contributed by atoms with Crippen LogP contribution < -0.4 is 0 Å². The zero-order chi connectivity index (χ0) is 17.8. The fourth-order valence-electron chi connectivity index (χ4n) is 2.26. The maximum absolute atomic E-state index is 12.1. The molecular weight excluding hydrogens is 386 g/mol. The number of hydrogen-bond donors (Lipinski definition) is 0. The van der Waals surface area contributed by atoms with Gasteiger partial charge in [0.15, 0.2) is 5.78 Å². The van der Waals surface area contributed by atoms with Gasteiger partial charge in [-0.25, -0.2) is 0 Å². The molecule has 2 aromatic carbocycles. The first kappa shape index (κ1) is 16.9. The van der Waals surface area contributed by atoms with E-state index in [1.165, 1.54) is 18.2 Å². The van der Waals surface area contributed by atoms with Gasteiger partial charge in [0.25, 0.3) is 5.69 Å². The van der Waals surface area contributed by atoms with Gasteiger partial charge in [-0.15, -0.1) is 0 Å². The normalized spacial score (nSPS) is 10.9. The van der Waals surface area contributed by atoms with E-state index in [4.69, 9.17) is 4.42 Å². The third-order valence-corrected chi connectivity index (χ3v) is 4.17. The Morgan fingerprint density at radius 1 is 1.08 bits per heavy atom. The van der Waals surface area contributed by atoms with E-state index in [0.717, 1.165) is 0 Å². The van der Waals surface area contributed by atoms with Crippen LogP contribution in [0.5, 0.6) is 0 Å². The van der Waals surface area contributed by atoms with Crippen LogP contribution >= 0.6 is 15.9 Å². The molecular formula is C19H12BrNO4. The molecule has 0 aliphatic carbocycles. The Hall–Kier alpha value is -2.99. The molecule has 0 unspecified atom stereocenters. The minimum atomic E-state index is -0.458. The summed E-state index contributed by atoms with van der Waals surface area (Å²) in [5, 5.41) is 10.8. The van der Waals surface area contributed by atoms with E-state index in [1.807, 2.05) is 6.07 Å². The van der Waals surface area contributed by atoms with Crippen LogP contribution in [0.4, 0.5) is 5.69 Å². The van der Waals surface area contributed by atoms with Crippen molar-refractivity contribution in [2.45, 2.75) is 0 Å². The van der Waals surface area contributed by atoms with Crippen LogP contribution in [0.1, 0.15) is 16.1 Å². The number of benzene rings is 2. The second kappa shape index (κ2) is 7.27. The van der Waals surface area contributed by atoms with Crippen molar-refractivity contribution in [3.8, 4) is 11.3 Å². The number of rotatable bonds is 5. The van der Waals surface area contributed by atoms with Crippen molar-refractivity contribution in [3.63, 3.8) is 0 Å². The predicted octanol–water partition coefficient (Wildman–Crippen LogP) is 5.51. The zero-order valence-electron chi connectivity index (χ0n) is 12.9. The number of halogens is 1. The van der Waals surface area contributed by atoms with Crippen LogP contribution in [0.25, 0.3) is 17.4 Å². The molecule has 3 rings (SSSR count). The third-order valence-electron chi connectivity index (χ3n) is 3.51. The molecule has 0 bridgehead atoms. The molecule has 0 saturated heterocycles. The molecule has 0 atom stereocenters. The summed E-state index contributed by atoms with van der Waals surface area (Å²) in [4.78, 5) is 22.4. The first-order valence-electron chi connectivity index (χ1n) is 7.36. The lowest BCUT2D eigenvalue weighted by atomic mass is 10.1. The number of hydrogen-bond acceptors (Lipinski definition) is 4. The van der Waals surface area contributed by atoms with Gasteiger partial charge in [0.05, 0.1) is 4.92 Å². The Balaban J connectivity index is 1.80. The lowest BCUT2D eigenvalue weighted by molar-refractivity contribution is -0.384. The number of carbonyl (C=O) groups is 1. The Morgan fingerprint density at radius 3 is 2.52 bits per heavy atom. The second-order valence-corrected chi connectivity index (χ2v) is 6.04. The van der Waals surface area contributed by atoms with Crippen LogP contribution in [0.3, 0.4) is 0 Å². The quantitative estimate of drug-likeness (QED) is 0.246. The van der Waals surface area contributed by atoms with Crippen LogP contribution in [-0.4, -0.2) is 10.7 Å². The summed E-state index contributed by atoms with van der Waals surface area (Å²) in [6.07, 6.45) is 3.04. The highest BCUT2D eigenvalue weighted by Gasteiger charge is 2.13. The molecule has 0 fully saturated rings. The first-order valence-corrected chi connectivity index (χ1v) is 8.15. The average Bonchev–Trinajstić information content (AvgIpc) is 3.09. The van der Waals surface area contributed by atoms with Gasteiger partial charge in [-0.05, 0) is 46.3 Å². The molecule has 0 aliphatic rings. The van der Waals surface area contributed by atoms with Crippen molar-refractivity contribution in [2.75, 3.05) is 0 Å². The number of non-ortho nitro benzene ring substituents is 1. The molecule has 0 amide bonds. The van der Waals surface area contributed by atoms with E-state index in [2.05, 4.69) is 15.9 Å². The molecule has 0 radical (unpaired) electrons. The van der Waals surface area contributed by atoms with Gasteiger partial charge in [0.1, 0.15) is 11.5 Å². The van der Waals surface area contributed by atoms with Gasteiger partial charge in [-0.2, -0.15) is 0 Å². The average molecular weight is 398 g/mol. The number of carbonyl (C=O) groups excluding carboxylic acids is 1. The van der Waals surface area contributed by atoms with Gasteiger partial charge >= 0.3 is 0 Å². The summed E-state index contributed by atoms with van der Waals surface area (Å²) in [6.45, 7) is 0. The van der Waals surface area contributed by atoms with Crippen molar-refractivity contribution in [1.29, 1.82) is 0 Å². The lowest BCUT2D eigenvalue weighted by Gasteiger charge is -2.00. The molecule has 6 heteroatoms. The summed E-state index contributed by atoms with van der Waals surface area (Å²) in [5.41, 5.74) is 1.29. The fourth-order valence-corrected chi connectivity index (χ4v) is 2.82. The Bertz CT molecular complexity index is 961. The molecule has 0 N–H and O–H groups in total. The van der Waals surface area contributed by atoms with Gasteiger partial charge in [0.2, 0.25) is 0 Å². The van der Waals surface area contributed by atoms with E-state index < -0.39 is 4.92 Å². The maximum atomic E-state index is 12.1. The van der Waals surface area contributed by atoms with Crippen molar-refractivity contribution < 1.29 is 14.1 Å². The second-order valence-electron chi connectivity index (χ2n) is 5.19. The molecule has 0 aliphatic heterocycles. The summed E-state index contributed by atoms with van der Waals surface area (Å²) < 4.78 is 6.26. The number of nitro groups is 1. The summed E-state index contributed by atoms with van der Waals surface area (Å²) in [6, 6.07) is 16.9. The van der Waals surface area contributed by atoms with Gasteiger partial charge < -0.3 is 4.42 Å².